The van der Waals surface area contributed by atoms with Gasteiger partial charge in [0.1, 0.15) is 5.75 Å². The van der Waals surface area contributed by atoms with E-state index in [0.29, 0.717) is 23.2 Å². The summed E-state index contributed by atoms with van der Waals surface area (Å²) < 4.78 is 5.69. The Morgan fingerprint density at radius 1 is 1.29 bits per heavy atom. The molecule has 1 aromatic carbocycles. The molecule has 88 valence electrons. The Balaban J connectivity index is 2.37. The summed E-state index contributed by atoms with van der Waals surface area (Å²) in [6.45, 7) is 2.36. The van der Waals surface area contributed by atoms with Gasteiger partial charge in [-0.05, 0) is 30.7 Å². The molecule has 0 unspecified atom stereocenters. The van der Waals surface area contributed by atoms with Crippen molar-refractivity contribution in [2.24, 2.45) is 5.73 Å². The molecule has 0 aliphatic carbocycles. The van der Waals surface area contributed by atoms with Crippen LogP contribution >= 0.6 is 11.6 Å². The number of ether oxygens (including phenoxy) is 1. The largest absolute Gasteiger partial charge is 0.437 e. The lowest BCUT2D eigenvalue weighted by Gasteiger charge is -2.11. The molecule has 4 heteroatoms. The average Bonchev–Trinajstić information content (AvgIpc) is 2.32. The molecule has 3 nitrogen and oxygen atoms in total. The molecular weight excluding hydrogens is 236 g/mol. The molecule has 0 saturated carbocycles. The lowest BCUT2D eigenvalue weighted by atomic mass is 10.1. The van der Waals surface area contributed by atoms with Crippen molar-refractivity contribution in [3.8, 4) is 11.6 Å². The van der Waals surface area contributed by atoms with Gasteiger partial charge in [0.25, 0.3) is 0 Å². The predicted molar refractivity (Wildman–Crippen MR) is 68.4 cm³/mol. The van der Waals surface area contributed by atoms with Gasteiger partial charge in [-0.15, -0.1) is 0 Å². The van der Waals surface area contributed by atoms with Crippen molar-refractivity contribution in [3.05, 3.63) is 52.7 Å². The van der Waals surface area contributed by atoms with Crippen LogP contribution in [0.3, 0.4) is 0 Å². The first kappa shape index (κ1) is 11.9. The van der Waals surface area contributed by atoms with E-state index in [4.69, 9.17) is 22.1 Å². The minimum absolute atomic E-state index is 0.388. The van der Waals surface area contributed by atoms with Gasteiger partial charge in [0.05, 0.1) is 5.02 Å². The zero-order chi connectivity index (χ0) is 12.3. The summed E-state index contributed by atoms with van der Waals surface area (Å²) in [6, 6.07) is 9.19. The van der Waals surface area contributed by atoms with Gasteiger partial charge in [-0.1, -0.05) is 23.7 Å². The maximum Gasteiger partial charge on any atom is 0.224 e. The first-order valence-electron chi connectivity index (χ1n) is 5.29. The average molecular weight is 249 g/mol. The SMILES string of the molecule is Cc1ccnc(Oc2ccccc2Cl)c1CN. The highest BCUT2D eigenvalue weighted by Crippen LogP contribution is 2.30. The molecule has 2 N–H and O–H groups in total. The van der Waals surface area contributed by atoms with Gasteiger partial charge in [-0.3, -0.25) is 0 Å². The van der Waals surface area contributed by atoms with Crippen LogP contribution in [0.4, 0.5) is 0 Å². The number of aryl methyl sites for hydroxylation is 1. The van der Waals surface area contributed by atoms with E-state index < -0.39 is 0 Å². The predicted octanol–water partition coefficient (Wildman–Crippen LogP) is 3.29. The van der Waals surface area contributed by atoms with Crippen LogP contribution in [0.5, 0.6) is 11.6 Å². The first-order chi connectivity index (χ1) is 8.22. The van der Waals surface area contributed by atoms with Crippen LogP contribution in [-0.2, 0) is 6.54 Å². The smallest absolute Gasteiger partial charge is 0.224 e. The number of pyridine rings is 1. The van der Waals surface area contributed by atoms with E-state index in [-0.39, 0.29) is 0 Å². The normalized spacial score (nSPS) is 10.3. The highest BCUT2D eigenvalue weighted by atomic mass is 35.5. The van der Waals surface area contributed by atoms with Gasteiger partial charge in [0.2, 0.25) is 5.88 Å². The molecule has 2 rings (SSSR count). The second kappa shape index (κ2) is 5.17. The van der Waals surface area contributed by atoms with Gasteiger partial charge in [-0.25, -0.2) is 4.98 Å². The summed E-state index contributed by atoms with van der Waals surface area (Å²) in [5.41, 5.74) is 7.65. The fourth-order valence-corrected chi connectivity index (χ4v) is 1.71. The number of nitrogens with zero attached hydrogens (tertiary/aromatic N) is 1. The monoisotopic (exact) mass is 248 g/mol. The van der Waals surface area contributed by atoms with Crippen LogP contribution in [0.15, 0.2) is 36.5 Å². The molecule has 0 aliphatic rings. The number of benzene rings is 1. The number of hydrogen-bond donors (Lipinski definition) is 1. The van der Waals surface area contributed by atoms with E-state index >= 15 is 0 Å². The van der Waals surface area contributed by atoms with E-state index in [0.717, 1.165) is 11.1 Å². The quantitative estimate of drug-likeness (QED) is 0.907. The van der Waals surface area contributed by atoms with Crippen molar-refractivity contribution < 1.29 is 4.74 Å². The zero-order valence-electron chi connectivity index (χ0n) is 9.48. The molecule has 0 radical (unpaired) electrons. The minimum atomic E-state index is 0.388. The third-order valence-electron chi connectivity index (χ3n) is 2.50. The Morgan fingerprint density at radius 3 is 2.76 bits per heavy atom. The molecule has 0 atom stereocenters. The van der Waals surface area contributed by atoms with E-state index in [2.05, 4.69) is 4.98 Å². The van der Waals surface area contributed by atoms with Gasteiger partial charge >= 0.3 is 0 Å². The number of rotatable bonds is 3. The van der Waals surface area contributed by atoms with Crippen molar-refractivity contribution in [2.45, 2.75) is 13.5 Å². The molecule has 0 amide bonds. The van der Waals surface area contributed by atoms with Gasteiger partial charge < -0.3 is 10.5 Å². The van der Waals surface area contributed by atoms with Gasteiger partial charge in [0, 0.05) is 18.3 Å². The van der Waals surface area contributed by atoms with Gasteiger partial charge in [0.15, 0.2) is 0 Å². The second-order valence-electron chi connectivity index (χ2n) is 3.65. The summed E-state index contributed by atoms with van der Waals surface area (Å²) >= 11 is 6.03. The number of aromatic nitrogens is 1. The topological polar surface area (TPSA) is 48.1 Å². The lowest BCUT2D eigenvalue weighted by molar-refractivity contribution is 0.456. The maximum absolute atomic E-state index is 6.03. The molecule has 0 fully saturated rings. The number of nitrogens with two attached hydrogens (primary N) is 1. The Kier molecular flexibility index (Phi) is 3.61. The van der Waals surface area contributed by atoms with Crippen LogP contribution in [0.2, 0.25) is 5.02 Å². The van der Waals surface area contributed by atoms with Crippen LogP contribution in [-0.4, -0.2) is 4.98 Å². The van der Waals surface area contributed by atoms with Crippen molar-refractivity contribution in [3.63, 3.8) is 0 Å². The van der Waals surface area contributed by atoms with Crippen LogP contribution in [0, 0.1) is 6.92 Å². The summed E-state index contributed by atoms with van der Waals surface area (Å²) in [6.07, 6.45) is 1.70. The fourth-order valence-electron chi connectivity index (χ4n) is 1.53. The summed E-state index contributed by atoms with van der Waals surface area (Å²) in [5, 5.41) is 0.554. The Hall–Kier alpha value is -1.58. The first-order valence-corrected chi connectivity index (χ1v) is 5.67. The van der Waals surface area contributed by atoms with Crippen molar-refractivity contribution in [1.29, 1.82) is 0 Å². The zero-order valence-corrected chi connectivity index (χ0v) is 10.2. The minimum Gasteiger partial charge on any atom is -0.437 e. The molecule has 2 aromatic rings. The standard InChI is InChI=1S/C13H13ClN2O/c1-9-6-7-16-13(10(9)8-15)17-12-5-3-2-4-11(12)14/h2-7H,8,15H2,1H3. The third kappa shape index (κ3) is 2.57. The van der Waals surface area contributed by atoms with E-state index in [1.54, 1.807) is 18.3 Å². The number of halogens is 1. The third-order valence-corrected chi connectivity index (χ3v) is 2.81. The highest BCUT2D eigenvalue weighted by molar-refractivity contribution is 6.32. The molecule has 17 heavy (non-hydrogen) atoms. The number of hydrogen-bond acceptors (Lipinski definition) is 3. The number of para-hydroxylation sites is 1. The molecule has 0 bridgehead atoms. The molecule has 0 spiro atoms. The Bertz CT molecular complexity index is 529. The lowest BCUT2D eigenvalue weighted by Crippen LogP contribution is -2.03. The Labute approximate surface area is 105 Å². The molecular formula is C13H13ClN2O. The molecule has 1 aromatic heterocycles. The van der Waals surface area contributed by atoms with Crippen LogP contribution in [0.25, 0.3) is 0 Å². The summed E-state index contributed by atoms with van der Waals surface area (Å²) in [5.74, 6) is 1.10. The molecule has 0 aliphatic heterocycles. The summed E-state index contributed by atoms with van der Waals surface area (Å²) in [4.78, 5) is 4.19. The van der Waals surface area contributed by atoms with Crippen LogP contribution < -0.4 is 10.5 Å². The van der Waals surface area contributed by atoms with Crippen molar-refractivity contribution in [1.82, 2.24) is 4.98 Å². The molecule has 1 heterocycles. The van der Waals surface area contributed by atoms with E-state index in [9.17, 15) is 0 Å². The maximum atomic E-state index is 6.03. The fraction of sp³-hybridized carbons (Fsp3) is 0.154. The molecule has 0 saturated heterocycles. The highest BCUT2D eigenvalue weighted by Gasteiger charge is 2.09. The van der Waals surface area contributed by atoms with Crippen molar-refractivity contribution >= 4 is 11.6 Å². The van der Waals surface area contributed by atoms with Gasteiger partial charge in [-0.2, -0.15) is 0 Å². The van der Waals surface area contributed by atoms with Crippen molar-refractivity contribution in [2.75, 3.05) is 0 Å². The van der Waals surface area contributed by atoms with E-state index in [1.165, 1.54) is 0 Å². The summed E-state index contributed by atoms with van der Waals surface area (Å²) in [7, 11) is 0. The van der Waals surface area contributed by atoms with Crippen LogP contribution in [0.1, 0.15) is 11.1 Å². The second-order valence-corrected chi connectivity index (χ2v) is 4.06. The van der Waals surface area contributed by atoms with E-state index in [1.807, 2.05) is 25.1 Å². The Morgan fingerprint density at radius 2 is 2.06 bits per heavy atom.